The second-order valence-electron chi connectivity index (χ2n) is 2.26. The van der Waals surface area contributed by atoms with Crippen molar-refractivity contribution in [3.63, 3.8) is 0 Å². The van der Waals surface area contributed by atoms with Crippen LogP contribution in [-0.2, 0) is 14.3 Å². The number of ether oxygens (including phenoxy) is 1. The quantitative estimate of drug-likeness (QED) is 0.565. The molecule has 0 aromatic rings. The number of carbonyl (C=O) groups excluding carboxylic acids is 1. The Hall–Kier alpha value is -1.10. The normalized spacial score (nSPS) is 12.2. The van der Waals surface area contributed by atoms with Crippen molar-refractivity contribution in [3.8, 4) is 0 Å². The van der Waals surface area contributed by atoms with Crippen LogP contribution < -0.4 is 0 Å². The van der Waals surface area contributed by atoms with Crippen LogP contribution in [0.4, 0.5) is 0 Å². The number of aliphatic carboxylic acids is 1. The molecule has 0 aliphatic rings. The Labute approximate surface area is 70.0 Å². The largest absolute Gasteiger partial charge is 0.481 e. The summed E-state index contributed by atoms with van der Waals surface area (Å²) in [4.78, 5) is 20.7. The van der Waals surface area contributed by atoms with E-state index < -0.39 is 24.5 Å². The lowest BCUT2D eigenvalue weighted by atomic mass is 10.2. The van der Waals surface area contributed by atoms with E-state index in [1.165, 1.54) is 0 Å². The molecule has 2 N–H and O–H groups in total. The number of rotatable bonds is 5. The maximum Gasteiger partial charge on any atom is 0.308 e. The Bertz CT molecular complexity index is 165. The van der Waals surface area contributed by atoms with Gasteiger partial charge < -0.3 is 14.9 Å². The monoisotopic (exact) mass is 176 g/mol. The van der Waals surface area contributed by atoms with Crippen molar-refractivity contribution in [3.05, 3.63) is 0 Å². The van der Waals surface area contributed by atoms with Crippen LogP contribution in [0.3, 0.4) is 0 Å². The molecule has 0 bridgehead atoms. The van der Waals surface area contributed by atoms with E-state index >= 15 is 0 Å². The summed E-state index contributed by atoms with van der Waals surface area (Å²) in [7, 11) is 0. The molecule has 0 aliphatic heterocycles. The van der Waals surface area contributed by atoms with Crippen LogP contribution in [0, 0.1) is 0 Å². The summed E-state index contributed by atoms with van der Waals surface area (Å²) in [5.41, 5.74) is 0. The van der Waals surface area contributed by atoms with Crippen LogP contribution in [0.15, 0.2) is 0 Å². The number of hydrogen-bond acceptors (Lipinski definition) is 4. The van der Waals surface area contributed by atoms with Gasteiger partial charge in [0.15, 0.2) is 0 Å². The van der Waals surface area contributed by atoms with Crippen molar-refractivity contribution in [2.75, 3.05) is 6.61 Å². The van der Waals surface area contributed by atoms with E-state index in [1.807, 2.05) is 0 Å². The van der Waals surface area contributed by atoms with Crippen molar-refractivity contribution in [1.29, 1.82) is 0 Å². The lowest BCUT2D eigenvalue weighted by Crippen LogP contribution is -2.18. The molecule has 12 heavy (non-hydrogen) atoms. The molecule has 0 spiro atoms. The van der Waals surface area contributed by atoms with E-state index in [0.29, 0.717) is 0 Å². The first-order valence-corrected chi connectivity index (χ1v) is 3.61. The molecule has 1 unspecified atom stereocenters. The van der Waals surface area contributed by atoms with E-state index in [1.54, 1.807) is 6.92 Å². The van der Waals surface area contributed by atoms with E-state index in [9.17, 15) is 9.59 Å². The van der Waals surface area contributed by atoms with E-state index in [0.717, 1.165) is 0 Å². The Kier molecular flexibility index (Phi) is 5.03. The van der Waals surface area contributed by atoms with Gasteiger partial charge in [-0.2, -0.15) is 0 Å². The molecule has 5 nitrogen and oxygen atoms in total. The summed E-state index contributed by atoms with van der Waals surface area (Å²) in [5.74, 6) is -1.71. The first-order valence-electron chi connectivity index (χ1n) is 3.61. The summed E-state index contributed by atoms with van der Waals surface area (Å²) in [5, 5.41) is 17.1. The Morgan fingerprint density at radius 2 is 2.00 bits per heavy atom. The van der Waals surface area contributed by atoms with Crippen molar-refractivity contribution in [2.24, 2.45) is 0 Å². The molecule has 5 heteroatoms. The lowest BCUT2D eigenvalue weighted by Gasteiger charge is -2.06. The third-order valence-electron chi connectivity index (χ3n) is 1.12. The zero-order valence-electron chi connectivity index (χ0n) is 6.82. The van der Waals surface area contributed by atoms with Gasteiger partial charge in [0, 0.05) is 0 Å². The maximum atomic E-state index is 10.7. The van der Waals surface area contributed by atoms with Gasteiger partial charge in [0.05, 0.1) is 25.6 Å². The molecule has 0 aromatic heterocycles. The first-order chi connectivity index (χ1) is 5.56. The number of aliphatic hydroxyl groups is 1. The molecular weight excluding hydrogens is 164 g/mol. The molecule has 0 amide bonds. The summed E-state index contributed by atoms with van der Waals surface area (Å²) in [6.45, 7) is 1.88. The average Bonchev–Trinajstić information content (AvgIpc) is 1.84. The van der Waals surface area contributed by atoms with Crippen molar-refractivity contribution >= 4 is 11.9 Å². The summed E-state index contributed by atoms with van der Waals surface area (Å²) < 4.78 is 4.50. The molecule has 0 aliphatic carbocycles. The van der Waals surface area contributed by atoms with E-state index in [2.05, 4.69) is 4.74 Å². The zero-order valence-corrected chi connectivity index (χ0v) is 6.82. The minimum absolute atomic E-state index is 0.235. The topological polar surface area (TPSA) is 83.8 Å². The average molecular weight is 176 g/mol. The minimum atomic E-state index is -1.15. The van der Waals surface area contributed by atoms with Gasteiger partial charge >= 0.3 is 11.9 Å². The smallest absolute Gasteiger partial charge is 0.308 e. The minimum Gasteiger partial charge on any atom is -0.481 e. The van der Waals surface area contributed by atoms with Gasteiger partial charge in [-0.25, -0.2) is 0 Å². The standard InChI is InChI=1S/C7H12O5/c1-2-12-7(11)4-5(8)3-6(9)10/h5,8H,2-4H2,1H3,(H,9,10). The number of carbonyl (C=O) groups is 2. The number of esters is 1. The zero-order chi connectivity index (χ0) is 9.56. The van der Waals surface area contributed by atoms with Crippen LogP contribution in [0.5, 0.6) is 0 Å². The van der Waals surface area contributed by atoms with Crippen molar-refractivity contribution in [2.45, 2.75) is 25.9 Å². The van der Waals surface area contributed by atoms with Gasteiger partial charge in [-0.05, 0) is 6.92 Å². The van der Waals surface area contributed by atoms with Gasteiger partial charge in [0.2, 0.25) is 0 Å². The molecule has 0 saturated carbocycles. The summed E-state index contributed by atoms with van der Waals surface area (Å²) >= 11 is 0. The molecule has 70 valence electrons. The van der Waals surface area contributed by atoms with Gasteiger partial charge in [-0.1, -0.05) is 0 Å². The number of hydrogen-bond donors (Lipinski definition) is 2. The molecule has 0 fully saturated rings. The molecule has 1 atom stereocenters. The fourth-order valence-electron chi connectivity index (χ4n) is 0.686. The van der Waals surface area contributed by atoms with Crippen molar-refractivity contribution in [1.82, 2.24) is 0 Å². The second-order valence-corrected chi connectivity index (χ2v) is 2.26. The molecular formula is C7H12O5. The first kappa shape index (κ1) is 10.9. The lowest BCUT2D eigenvalue weighted by molar-refractivity contribution is -0.146. The predicted octanol–water partition coefficient (Wildman–Crippen LogP) is -0.225. The van der Waals surface area contributed by atoms with Gasteiger partial charge in [-0.3, -0.25) is 9.59 Å². The second kappa shape index (κ2) is 5.54. The molecule has 0 saturated heterocycles. The molecule has 0 radical (unpaired) electrons. The van der Waals surface area contributed by atoms with Gasteiger partial charge in [0.1, 0.15) is 0 Å². The third kappa shape index (κ3) is 5.67. The fourth-order valence-corrected chi connectivity index (χ4v) is 0.686. The van der Waals surface area contributed by atoms with E-state index in [-0.39, 0.29) is 13.0 Å². The number of carboxylic acid groups (broad SMARTS) is 1. The highest BCUT2D eigenvalue weighted by atomic mass is 16.5. The van der Waals surface area contributed by atoms with Gasteiger partial charge in [0.25, 0.3) is 0 Å². The molecule has 0 aromatic carbocycles. The fraction of sp³-hybridized carbons (Fsp3) is 0.714. The van der Waals surface area contributed by atoms with E-state index in [4.69, 9.17) is 10.2 Å². The highest BCUT2D eigenvalue weighted by Gasteiger charge is 2.14. The number of aliphatic hydroxyl groups excluding tert-OH is 1. The third-order valence-corrected chi connectivity index (χ3v) is 1.12. The number of carboxylic acids is 1. The predicted molar refractivity (Wildman–Crippen MR) is 39.5 cm³/mol. The maximum absolute atomic E-state index is 10.7. The van der Waals surface area contributed by atoms with Crippen molar-refractivity contribution < 1.29 is 24.5 Å². The Morgan fingerprint density at radius 1 is 1.42 bits per heavy atom. The van der Waals surface area contributed by atoms with Crippen LogP contribution in [-0.4, -0.2) is 34.9 Å². The van der Waals surface area contributed by atoms with Gasteiger partial charge in [-0.15, -0.1) is 0 Å². The highest BCUT2D eigenvalue weighted by molar-refractivity contribution is 5.72. The summed E-state index contributed by atoms with van der Waals surface area (Å²) in [6, 6.07) is 0. The SMILES string of the molecule is CCOC(=O)CC(O)CC(=O)O. The van der Waals surface area contributed by atoms with Crippen LogP contribution in [0.2, 0.25) is 0 Å². The Balaban J connectivity index is 3.61. The molecule has 0 heterocycles. The Morgan fingerprint density at radius 3 is 2.42 bits per heavy atom. The summed E-state index contributed by atoms with van der Waals surface area (Å²) in [6.07, 6.45) is -1.85. The highest BCUT2D eigenvalue weighted by Crippen LogP contribution is 1.99. The van der Waals surface area contributed by atoms with Crippen LogP contribution >= 0.6 is 0 Å². The molecule has 0 rings (SSSR count). The van der Waals surface area contributed by atoms with Crippen LogP contribution in [0.1, 0.15) is 19.8 Å². The van der Waals surface area contributed by atoms with Crippen LogP contribution in [0.25, 0.3) is 0 Å².